The molecular formula is C16H22O. The molecule has 1 aliphatic rings. The molecule has 1 aromatic rings. The second-order valence-electron chi connectivity index (χ2n) is 5.44. The second-order valence-corrected chi connectivity index (χ2v) is 5.44. The summed E-state index contributed by atoms with van der Waals surface area (Å²) in [6, 6.07) is 4.54. The Morgan fingerprint density at radius 2 is 2.00 bits per heavy atom. The van der Waals surface area contributed by atoms with Gasteiger partial charge in [0.15, 0.2) is 0 Å². The van der Waals surface area contributed by atoms with Crippen LogP contribution < -0.4 is 4.74 Å². The summed E-state index contributed by atoms with van der Waals surface area (Å²) < 4.78 is 5.42. The molecule has 2 atom stereocenters. The van der Waals surface area contributed by atoms with Crippen molar-refractivity contribution in [3.8, 4) is 5.75 Å². The van der Waals surface area contributed by atoms with E-state index < -0.39 is 0 Å². The average molecular weight is 230 g/mol. The summed E-state index contributed by atoms with van der Waals surface area (Å²) in [4.78, 5) is 0. The maximum absolute atomic E-state index is 5.42. The Balaban J connectivity index is 2.48. The van der Waals surface area contributed by atoms with Crippen LogP contribution >= 0.6 is 0 Å². The van der Waals surface area contributed by atoms with Crippen molar-refractivity contribution in [3.63, 3.8) is 0 Å². The largest absolute Gasteiger partial charge is 0.496 e. The normalized spacial score (nSPS) is 22.2. The summed E-state index contributed by atoms with van der Waals surface area (Å²) in [6.45, 7) is 8.80. The maximum Gasteiger partial charge on any atom is 0.122 e. The first-order chi connectivity index (χ1) is 8.02. The predicted octanol–water partition coefficient (Wildman–Crippen LogP) is 4.56. The fourth-order valence-electron chi connectivity index (χ4n) is 2.89. The van der Waals surface area contributed by atoms with E-state index in [-0.39, 0.29) is 0 Å². The van der Waals surface area contributed by atoms with Crippen molar-refractivity contribution in [2.24, 2.45) is 0 Å². The predicted molar refractivity (Wildman–Crippen MR) is 72.9 cm³/mol. The molecule has 1 aromatic carbocycles. The van der Waals surface area contributed by atoms with Gasteiger partial charge in [0.2, 0.25) is 0 Å². The molecule has 0 radical (unpaired) electrons. The summed E-state index contributed by atoms with van der Waals surface area (Å²) in [5.74, 6) is 2.25. The first-order valence-electron chi connectivity index (χ1n) is 6.36. The SMILES string of the molecule is COc1cc2c(cc1C)[C@H](C=C(C)C)C[C@H]2C. The lowest BCUT2D eigenvalue weighted by atomic mass is 9.97. The van der Waals surface area contributed by atoms with Gasteiger partial charge in [-0.1, -0.05) is 24.6 Å². The first kappa shape index (κ1) is 12.2. The van der Waals surface area contributed by atoms with E-state index >= 15 is 0 Å². The van der Waals surface area contributed by atoms with Gasteiger partial charge in [-0.25, -0.2) is 0 Å². The molecule has 2 rings (SSSR count). The molecule has 0 amide bonds. The molecule has 1 nitrogen and oxygen atoms in total. The van der Waals surface area contributed by atoms with E-state index in [0.717, 1.165) is 5.75 Å². The quantitative estimate of drug-likeness (QED) is 0.677. The van der Waals surface area contributed by atoms with Crippen molar-refractivity contribution >= 4 is 0 Å². The van der Waals surface area contributed by atoms with Crippen LogP contribution in [0.5, 0.6) is 5.75 Å². The third-order valence-electron chi connectivity index (χ3n) is 3.67. The van der Waals surface area contributed by atoms with E-state index in [2.05, 4.69) is 45.9 Å². The number of ether oxygens (including phenoxy) is 1. The van der Waals surface area contributed by atoms with Crippen LogP contribution in [0.25, 0.3) is 0 Å². The van der Waals surface area contributed by atoms with Crippen LogP contribution in [0.1, 0.15) is 55.7 Å². The van der Waals surface area contributed by atoms with Crippen molar-refractivity contribution < 1.29 is 4.74 Å². The van der Waals surface area contributed by atoms with E-state index in [9.17, 15) is 0 Å². The molecule has 1 heteroatoms. The highest BCUT2D eigenvalue weighted by atomic mass is 16.5. The Morgan fingerprint density at radius 3 is 2.59 bits per heavy atom. The third kappa shape index (κ3) is 2.24. The first-order valence-corrected chi connectivity index (χ1v) is 6.36. The van der Waals surface area contributed by atoms with Crippen molar-refractivity contribution in [2.45, 2.75) is 46.0 Å². The molecule has 0 aliphatic heterocycles. The lowest BCUT2D eigenvalue weighted by Crippen LogP contribution is -1.94. The minimum Gasteiger partial charge on any atom is -0.496 e. The molecule has 17 heavy (non-hydrogen) atoms. The van der Waals surface area contributed by atoms with Crippen molar-refractivity contribution in [3.05, 3.63) is 40.5 Å². The summed E-state index contributed by atoms with van der Waals surface area (Å²) in [5.41, 5.74) is 5.61. The van der Waals surface area contributed by atoms with E-state index in [1.807, 2.05) is 0 Å². The van der Waals surface area contributed by atoms with E-state index in [1.165, 1.54) is 28.7 Å². The molecule has 0 saturated heterocycles. The Labute approximate surface area is 104 Å². The van der Waals surface area contributed by atoms with Gasteiger partial charge in [-0.3, -0.25) is 0 Å². The number of rotatable bonds is 2. The number of benzene rings is 1. The molecule has 0 bridgehead atoms. The molecule has 0 fully saturated rings. The smallest absolute Gasteiger partial charge is 0.122 e. The van der Waals surface area contributed by atoms with Gasteiger partial charge in [0.05, 0.1) is 7.11 Å². The lowest BCUT2D eigenvalue weighted by molar-refractivity contribution is 0.411. The van der Waals surface area contributed by atoms with Gasteiger partial charge in [0.25, 0.3) is 0 Å². The van der Waals surface area contributed by atoms with E-state index in [4.69, 9.17) is 4.74 Å². The molecule has 0 N–H and O–H groups in total. The van der Waals surface area contributed by atoms with Crippen LogP contribution in [0.3, 0.4) is 0 Å². The second kappa shape index (κ2) is 4.56. The number of methoxy groups -OCH3 is 1. The molecule has 0 aromatic heterocycles. The summed E-state index contributed by atoms with van der Waals surface area (Å²) >= 11 is 0. The lowest BCUT2D eigenvalue weighted by Gasteiger charge is -2.11. The zero-order valence-electron chi connectivity index (χ0n) is 11.5. The van der Waals surface area contributed by atoms with Crippen LogP contribution in [0.15, 0.2) is 23.8 Å². The van der Waals surface area contributed by atoms with Gasteiger partial charge < -0.3 is 4.74 Å². The highest BCUT2D eigenvalue weighted by Gasteiger charge is 2.27. The summed E-state index contributed by atoms with van der Waals surface area (Å²) in [6.07, 6.45) is 3.63. The Kier molecular flexibility index (Phi) is 3.28. The van der Waals surface area contributed by atoms with Gasteiger partial charge >= 0.3 is 0 Å². The topological polar surface area (TPSA) is 9.23 Å². The van der Waals surface area contributed by atoms with Gasteiger partial charge in [0, 0.05) is 5.92 Å². The summed E-state index contributed by atoms with van der Waals surface area (Å²) in [7, 11) is 1.75. The maximum atomic E-state index is 5.42. The van der Waals surface area contributed by atoms with Crippen LogP contribution in [-0.4, -0.2) is 7.11 Å². The average Bonchev–Trinajstić information content (AvgIpc) is 2.53. The number of hydrogen-bond acceptors (Lipinski definition) is 1. The van der Waals surface area contributed by atoms with Gasteiger partial charge in [-0.2, -0.15) is 0 Å². The number of allylic oxidation sites excluding steroid dienone is 2. The fourth-order valence-corrected chi connectivity index (χ4v) is 2.89. The van der Waals surface area contributed by atoms with Crippen LogP contribution in [0, 0.1) is 6.92 Å². The Morgan fingerprint density at radius 1 is 1.29 bits per heavy atom. The standard InChI is InChI=1S/C16H22O/c1-10(2)6-13-7-11(3)14-9-16(17-5)12(4)8-15(13)14/h6,8-9,11,13H,7H2,1-5H3/t11-,13-/m1/s1. The number of hydrogen-bond donors (Lipinski definition) is 0. The zero-order chi connectivity index (χ0) is 12.6. The molecule has 1 aliphatic carbocycles. The highest BCUT2D eigenvalue weighted by molar-refractivity contribution is 5.49. The van der Waals surface area contributed by atoms with Gasteiger partial charge in [0.1, 0.15) is 5.75 Å². The Hall–Kier alpha value is -1.24. The van der Waals surface area contributed by atoms with Crippen LogP contribution in [0.2, 0.25) is 0 Å². The summed E-state index contributed by atoms with van der Waals surface area (Å²) in [5, 5.41) is 0. The van der Waals surface area contributed by atoms with Crippen LogP contribution in [-0.2, 0) is 0 Å². The Bertz CT molecular complexity index is 453. The monoisotopic (exact) mass is 230 g/mol. The van der Waals surface area contributed by atoms with Crippen molar-refractivity contribution in [2.75, 3.05) is 7.11 Å². The molecule has 0 spiro atoms. The molecule has 92 valence electrons. The zero-order valence-corrected chi connectivity index (χ0v) is 11.5. The van der Waals surface area contributed by atoms with E-state index in [0.29, 0.717) is 11.8 Å². The highest BCUT2D eigenvalue weighted by Crippen LogP contribution is 2.44. The van der Waals surface area contributed by atoms with E-state index in [1.54, 1.807) is 7.11 Å². The van der Waals surface area contributed by atoms with Crippen LogP contribution in [0.4, 0.5) is 0 Å². The molecular weight excluding hydrogens is 208 g/mol. The number of aryl methyl sites for hydroxylation is 1. The molecule has 0 heterocycles. The number of fused-ring (bicyclic) bond motifs is 1. The van der Waals surface area contributed by atoms with Crippen molar-refractivity contribution in [1.29, 1.82) is 0 Å². The third-order valence-corrected chi connectivity index (χ3v) is 3.67. The minimum atomic E-state index is 0.592. The van der Waals surface area contributed by atoms with Gasteiger partial charge in [-0.05, 0) is 55.9 Å². The van der Waals surface area contributed by atoms with Crippen molar-refractivity contribution in [1.82, 2.24) is 0 Å². The molecule has 0 saturated carbocycles. The fraction of sp³-hybridized carbons (Fsp3) is 0.500. The van der Waals surface area contributed by atoms with Gasteiger partial charge in [-0.15, -0.1) is 0 Å². The minimum absolute atomic E-state index is 0.592. The molecule has 0 unspecified atom stereocenters.